The molecule has 0 saturated heterocycles. The van der Waals surface area contributed by atoms with E-state index in [1.165, 1.54) is 6.92 Å². The van der Waals surface area contributed by atoms with Crippen molar-refractivity contribution in [2.75, 3.05) is 6.61 Å². The molecule has 2 atom stereocenters. The zero-order valence-corrected chi connectivity index (χ0v) is 14.3. The summed E-state index contributed by atoms with van der Waals surface area (Å²) in [5.41, 5.74) is 6.07. The minimum atomic E-state index is -1.21. The zero-order chi connectivity index (χ0) is 18.8. The Balaban J connectivity index is 2.82. The highest BCUT2D eigenvalue weighted by Crippen LogP contribution is 2.05. The van der Waals surface area contributed by atoms with Crippen LogP contribution < -0.4 is 16.4 Å². The molecule has 136 valence electrons. The SMILES string of the molecule is CCOC(=O)C[C@H](NC(=O)[C@H](Cc1ccccc1)NC(C)=O)C(N)=O. The molecule has 0 fully saturated rings. The van der Waals surface area contributed by atoms with E-state index in [1.54, 1.807) is 6.92 Å². The third-order valence-corrected chi connectivity index (χ3v) is 3.31. The van der Waals surface area contributed by atoms with Crippen LogP contribution in [0.5, 0.6) is 0 Å². The van der Waals surface area contributed by atoms with Gasteiger partial charge in [0.25, 0.3) is 0 Å². The first-order valence-corrected chi connectivity index (χ1v) is 7.89. The molecule has 0 aliphatic rings. The summed E-state index contributed by atoms with van der Waals surface area (Å²) in [4.78, 5) is 46.8. The smallest absolute Gasteiger partial charge is 0.308 e. The van der Waals surface area contributed by atoms with E-state index >= 15 is 0 Å². The Kier molecular flexibility index (Phi) is 8.11. The Morgan fingerprint density at radius 3 is 2.24 bits per heavy atom. The number of esters is 1. The van der Waals surface area contributed by atoms with E-state index in [2.05, 4.69) is 10.6 Å². The molecular formula is C17H23N3O5. The van der Waals surface area contributed by atoms with Crippen molar-refractivity contribution in [3.05, 3.63) is 35.9 Å². The quantitative estimate of drug-likeness (QED) is 0.525. The van der Waals surface area contributed by atoms with Gasteiger partial charge in [0.2, 0.25) is 17.7 Å². The molecule has 0 radical (unpaired) electrons. The molecule has 4 N–H and O–H groups in total. The molecule has 8 heteroatoms. The summed E-state index contributed by atoms with van der Waals surface area (Å²) in [6.45, 7) is 3.07. The maximum atomic E-state index is 12.5. The van der Waals surface area contributed by atoms with Crippen LogP contribution in [-0.2, 0) is 30.3 Å². The van der Waals surface area contributed by atoms with Crippen LogP contribution in [0.4, 0.5) is 0 Å². The topological polar surface area (TPSA) is 128 Å². The molecule has 0 saturated carbocycles. The second-order valence-corrected chi connectivity index (χ2v) is 5.42. The largest absolute Gasteiger partial charge is 0.466 e. The van der Waals surface area contributed by atoms with Gasteiger partial charge in [-0.3, -0.25) is 19.2 Å². The minimum Gasteiger partial charge on any atom is -0.466 e. The fourth-order valence-electron chi connectivity index (χ4n) is 2.19. The van der Waals surface area contributed by atoms with Gasteiger partial charge in [0, 0.05) is 13.3 Å². The number of primary amides is 1. The first-order chi connectivity index (χ1) is 11.8. The molecule has 0 heterocycles. The molecule has 0 aliphatic heterocycles. The second-order valence-electron chi connectivity index (χ2n) is 5.42. The third kappa shape index (κ3) is 7.47. The van der Waals surface area contributed by atoms with E-state index in [1.807, 2.05) is 30.3 Å². The second kappa shape index (κ2) is 10.1. The Morgan fingerprint density at radius 1 is 1.08 bits per heavy atom. The molecule has 0 unspecified atom stereocenters. The summed E-state index contributed by atoms with van der Waals surface area (Å²) in [6, 6.07) is 6.97. The molecule has 25 heavy (non-hydrogen) atoms. The predicted molar refractivity (Wildman–Crippen MR) is 90.1 cm³/mol. The van der Waals surface area contributed by atoms with Crippen LogP contribution in [-0.4, -0.2) is 42.4 Å². The van der Waals surface area contributed by atoms with Gasteiger partial charge in [0.15, 0.2) is 0 Å². The van der Waals surface area contributed by atoms with E-state index in [-0.39, 0.29) is 19.4 Å². The first-order valence-electron chi connectivity index (χ1n) is 7.89. The molecule has 1 aromatic rings. The summed E-state index contributed by atoms with van der Waals surface area (Å²) in [5, 5.41) is 4.93. The minimum absolute atomic E-state index is 0.154. The predicted octanol–water partition coefficient (Wildman–Crippen LogP) is -0.343. The highest BCUT2D eigenvalue weighted by Gasteiger charge is 2.27. The number of hydrogen-bond donors (Lipinski definition) is 3. The van der Waals surface area contributed by atoms with E-state index in [0.717, 1.165) is 5.56 Å². The average molecular weight is 349 g/mol. The maximum Gasteiger partial charge on any atom is 0.308 e. The summed E-state index contributed by atoms with van der Waals surface area (Å²) in [6.07, 6.45) is -0.135. The Hall–Kier alpha value is -2.90. The van der Waals surface area contributed by atoms with Gasteiger partial charge in [0.05, 0.1) is 13.0 Å². The number of benzene rings is 1. The Labute approximate surface area is 146 Å². The standard InChI is InChI=1S/C17H23N3O5/c1-3-25-15(22)10-13(16(18)23)20-17(24)14(19-11(2)21)9-12-7-5-4-6-8-12/h4-8,13-14H,3,9-10H2,1-2H3,(H2,18,23)(H,19,21)(H,20,24)/t13-,14-/m0/s1. The maximum absolute atomic E-state index is 12.5. The average Bonchev–Trinajstić information content (AvgIpc) is 2.54. The molecule has 0 aliphatic carbocycles. The van der Waals surface area contributed by atoms with E-state index < -0.39 is 35.8 Å². The van der Waals surface area contributed by atoms with Gasteiger partial charge < -0.3 is 21.1 Å². The van der Waals surface area contributed by atoms with Gasteiger partial charge in [-0.25, -0.2) is 0 Å². The number of nitrogens with one attached hydrogen (secondary N) is 2. The van der Waals surface area contributed by atoms with Gasteiger partial charge in [-0.2, -0.15) is 0 Å². The fourth-order valence-corrected chi connectivity index (χ4v) is 2.19. The van der Waals surface area contributed by atoms with Crippen LogP contribution in [0.1, 0.15) is 25.8 Å². The van der Waals surface area contributed by atoms with Crippen molar-refractivity contribution in [3.8, 4) is 0 Å². The Morgan fingerprint density at radius 2 is 1.72 bits per heavy atom. The first kappa shape index (κ1) is 20.1. The van der Waals surface area contributed by atoms with Crippen molar-refractivity contribution in [3.63, 3.8) is 0 Å². The Bertz CT molecular complexity index is 618. The van der Waals surface area contributed by atoms with Gasteiger partial charge >= 0.3 is 5.97 Å². The number of carbonyl (C=O) groups is 4. The number of ether oxygens (including phenoxy) is 1. The molecule has 1 aromatic carbocycles. The zero-order valence-electron chi connectivity index (χ0n) is 14.3. The number of amides is 3. The van der Waals surface area contributed by atoms with Crippen LogP contribution in [0.3, 0.4) is 0 Å². The highest BCUT2D eigenvalue weighted by molar-refractivity contribution is 5.93. The monoisotopic (exact) mass is 349 g/mol. The van der Waals surface area contributed by atoms with Crippen molar-refractivity contribution < 1.29 is 23.9 Å². The molecular weight excluding hydrogens is 326 g/mol. The summed E-state index contributed by atoms with van der Waals surface area (Å²) in [7, 11) is 0. The van der Waals surface area contributed by atoms with E-state index in [4.69, 9.17) is 10.5 Å². The lowest BCUT2D eigenvalue weighted by molar-refractivity contribution is -0.145. The van der Waals surface area contributed by atoms with E-state index in [9.17, 15) is 19.2 Å². The van der Waals surface area contributed by atoms with Gasteiger partial charge in [-0.15, -0.1) is 0 Å². The number of carbonyl (C=O) groups excluding carboxylic acids is 4. The number of hydrogen-bond acceptors (Lipinski definition) is 5. The van der Waals surface area contributed by atoms with Crippen molar-refractivity contribution >= 4 is 23.7 Å². The van der Waals surface area contributed by atoms with Crippen LogP contribution in [0.25, 0.3) is 0 Å². The van der Waals surface area contributed by atoms with E-state index in [0.29, 0.717) is 0 Å². The lowest BCUT2D eigenvalue weighted by Crippen LogP contribution is -2.54. The molecule has 1 rings (SSSR count). The molecule has 0 bridgehead atoms. The normalized spacial score (nSPS) is 12.6. The van der Waals surface area contributed by atoms with Crippen molar-refractivity contribution in [2.45, 2.75) is 38.8 Å². The molecule has 3 amide bonds. The molecule has 8 nitrogen and oxygen atoms in total. The summed E-state index contributed by atoms with van der Waals surface area (Å²) >= 11 is 0. The van der Waals surface area contributed by atoms with Crippen molar-refractivity contribution in [1.82, 2.24) is 10.6 Å². The summed E-state index contributed by atoms with van der Waals surface area (Å²) in [5.74, 6) is -2.50. The van der Waals surface area contributed by atoms with Crippen molar-refractivity contribution in [2.24, 2.45) is 5.73 Å². The highest BCUT2D eigenvalue weighted by atomic mass is 16.5. The van der Waals surface area contributed by atoms with Gasteiger partial charge in [-0.05, 0) is 12.5 Å². The van der Waals surface area contributed by atoms with Crippen LogP contribution >= 0.6 is 0 Å². The van der Waals surface area contributed by atoms with Crippen LogP contribution in [0.15, 0.2) is 30.3 Å². The fraction of sp³-hybridized carbons (Fsp3) is 0.412. The van der Waals surface area contributed by atoms with Crippen LogP contribution in [0, 0.1) is 0 Å². The van der Waals surface area contributed by atoms with Gasteiger partial charge in [-0.1, -0.05) is 30.3 Å². The molecule has 0 aromatic heterocycles. The van der Waals surface area contributed by atoms with Gasteiger partial charge in [0.1, 0.15) is 12.1 Å². The lowest BCUT2D eigenvalue weighted by atomic mass is 10.0. The van der Waals surface area contributed by atoms with Crippen molar-refractivity contribution in [1.29, 1.82) is 0 Å². The number of nitrogens with two attached hydrogens (primary N) is 1. The third-order valence-electron chi connectivity index (χ3n) is 3.31. The molecule has 0 spiro atoms. The number of rotatable bonds is 9. The van der Waals surface area contributed by atoms with Crippen LogP contribution in [0.2, 0.25) is 0 Å². The lowest BCUT2D eigenvalue weighted by Gasteiger charge is -2.21. The summed E-state index contributed by atoms with van der Waals surface area (Å²) < 4.78 is 4.76.